The Morgan fingerprint density at radius 3 is 2.80 bits per heavy atom. The molecule has 0 aromatic carbocycles. The summed E-state index contributed by atoms with van der Waals surface area (Å²) in [6.07, 6.45) is 3.45. The highest BCUT2D eigenvalue weighted by Crippen LogP contribution is 2.31. The fourth-order valence-electron chi connectivity index (χ4n) is 1.97. The van der Waals surface area contributed by atoms with Crippen LogP contribution >= 0.6 is 23.4 Å². The van der Waals surface area contributed by atoms with Gasteiger partial charge in [-0.1, -0.05) is 30.3 Å². The Morgan fingerprint density at radius 2 is 2.20 bits per heavy atom. The second-order valence-corrected chi connectivity index (χ2v) is 6.23. The lowest BCUT2D eigenvalue weighted by atomic mass is 10.1. The Bertz CT molecular complexity index is 580. The van der Waals surface area contributed by atoms with Gasteiger partial charge in [0.25, 0.3) is 0 Å². The van der Waals surface area contributed by atoms with Gasteiger partial charge in [-0.05, 0) is 31.9 Å². The van der Waals surface area contributed by atoms with Crippen molar-refractivity contribution in [3.8, 4) is 0 Å². The van der Waals surface area contributed by atoms with E-state index in [4.69, 9.17) is 17.3 Å². The summed E-state index contributed by atoms with van der Waals surface area (Å²) < 4.78 is 1.90. The van der Waals surface area contributed by atoms with Gasteiger partial charge >= 0.3 is 0 Å². The highest BCUT2D eigenvalue weighted by molar-refractivity contribution is 7.99. The fourth-order valence-corrected chi connectivity index (χ4v) is 3.05. The molecule has 0 fully saturated rings. The molecule has 1 unspecified atom stereocenters. The van der Waals surface area contributed by atoms with Gasteiger partial charge in [0.2, 0.25) is 0 Å². The average molecular weight is 311 g/mol. The second kappa shape index (κ2) is 6.61. The van der Waals surface area contributed by atoms with Crippen LogP contribution in [-0.2, 0) is 13.5 Å². The molecule has 2 aromatic heterocycles. The minimum absolute atomic E-state index is 0.162. The maximum atomic E-state index is 6.09. The van der Waals surface area contributed by atoms with E-state index >= 15 is 0 Å². The van der Waals surface area contributed by atoms with Gasteiger partial charge in [-0.2, -0.15) is 5.10 Å². The molecule has 2 N–H and O–H groups in total. The third-order valence-corrected chi connectivity index (χ3v) is 4.56. The first-order valence-corrected chi connectivity index (χ1v) is 7.78. The summed E-state index contributed by atoms with van der Waals surface area (Å²) in [6, 6.07) is 3.92. The van der Waals surface area contributed by atoms with Crippen LogP contribution in [0.15, 0.2) is 28.4 Å². The first-order valence-electron chi connectivity index (χ1n) is 6.58. The molecule has 2 aromatic rings. The van der Waals surface area contributed by atoms with Crippen molar-refractivity contribution in [2.45, 2.75) is 42.8 Å². The third-order valence-electron chi connectivity index (χ3n) is 3.18. The molecule has 0 aliphatic rings. The van der Waals surface area contributed by atoms with Crippen LogP contribution < -0.4 is 5.73 Å². The molecule has 2 heterocycles. The van der Waals surface area contributed by atoms with Crippen molar-refractivity contribution in [1.29, 1.82) is 0 Å². The second-order valence-electron chi connectivity index (χ2n) is 4.78. The van der Waals surface area contributed by atoms with E-state index in [0.717, 1.165) is 28.6 Å². The molecule has 0 spiro atoms. The number of nitrogens with zero attached hydrogens (tertiary/aromatic N) is 3. The quantitative estimate of drug-likeness (QED) is 0.921. The maximum absolute atomic E-state index is 6.09. The van der Waals surface area contributed by atoms with Crippen molar-refractivity contribution in [3.63, 3.8) is 0 Å². The van der Waals surface area contributed by atoms with E-state index in [1.54, 1.807) is 18.0 Å². The topological polar surface area (TPSA) is 56.7 Å². The first-order chi connectivity index (χ1) is 9.51. The lowest BCUT2D eigenvalue weighted by Gasteiger charge is -2.10. The van der Waals surface area contributed by atoms with Crippen molar-refractivity contribution in [1.82, 2.24) is 14.8 Å². The normalized spacial score (nSPS) is 12.7. The lowest BCUT2D eigenvalue weighted by Crippen LogP contribution is -2.21. The van der Waals surface area contributed by atoms with Crippen LogP contribution in [0, 0.1) is 6.92 Å². The van der Waals surface area contributed by atoms with Crippen LogP contribution in [0.25, 0.3) is 0 Å². The first kappa shape index (κ1) is 15.4. The molecular formula is C14H19ClN4S. The van der Waals surface area contributed by atoms with Crippen LogP contribution in [-0.4, -0.2) is 20.8 Å². The van der Waals surface area contributed by atoms with Crippen LogP contribution in [0.2, 0.25) is 5.02 Å². The summed E-state index contributed by atoms with van der Waals surface area (Å²) in [4.78, 5) is 4.32. The van der Waals surface area contributed by atoms with Crippen molar-refractivity contribution < 1.29 is 0 Å². The van der Waals surface area contributed by atoms with E-state index < -0.39 is 0 Å². The number of halogens is 1. The van der Waals surface area contributed by atoms with Crippen LogP contribution in [0.4, 0.5) is 0 Å². The molecule has 1 atom stereocenters. The zero-order valence-corrected chi connectivity index (χ0v) is 13.5. The third kappa shape index (κ3) is 3.53. The van der Waals surface area contributed by atoms with Crippen LogP contribution in [0.3, 0.4) is 0 Å². The molecule has 108 valence electrons. The molecule has 2 rings (SSSR count). The van der Waals surface area contributed by atoms with Gasteiger partial charge in [0.05, 0.1) is 10.7 Å². The Morgan fingerprint density at radius 1 is 1.45 bits per heavy atom. The Labute approximate surface area is 128 Å². The Balaban J connectivity index is 2.28. The highest BCUT2D eigenvalue weighted by atomic mass is 35.5. The number of hydrogen-bond acceptors (Lipinski definition) is 4. The zero-order chi connectivity index (χ0) is 14.7. The van der Waals surface area contributed by atoms with Gasteiger partial charge in [-0.15, -0.1) is 0 Å². The average Bonchev–Trinajstić information content (AvgIpc) is 2.68. The molecule has 6 heteroatoms. The molecule has 0 amide bonds. The van der Waals surface area contributed by atoms with E-state index in [1.807, 2.05) is 30.8 Å². The molecule has 0 aliphatic carbocycles. The molecule has 0 saturated heterocycles. The minimum Gasteiger partial charge on any atom is -0.327 e. The maximum Gasteiger partial charge on any atom is 0.103 e. The monoisotopic (exact) mass is 310 g/mol. The van der Waals surface area contributed by atoms with E-state index in [0.29, 0.717) is 5.02 Å². The Hall–Kier alpha value is -1.04. The largest absolute Gasteiger partial charge is 0.327 e. The van der Waals surface area contributed by atoms with Crippen molar-refractivity contribution >= 4 is 23.4 Å². The summed E-state index contributed by atoms with van der Waals surface area (Å²) in [5.41, 5.74) is 8.33. The van der Waals surface area contributed by atoms with E-state index in [1.165, 1.54) is 5.56 Å². The molecular weight excluding hydrogens is 292 g/mol. The molecule has 20 heavy (non-hydrogen) atoms. The van der Waals surface area contributed by atoms with Gasteiger partial charge in [-0.25, -0.2) is 4.98 Å². The molecule has 0 saturated carbocycles. The summed E-state index contributed by atoms with van der Waals surface area (Å²) in [7, 11) is 1.95. The molecule has 0 bridgehead atoms. The SMILES string of the molecule is CCC(N)Cc1c(C)nn(C)c1Sc1ccc(Cl)cn1. The number of aromatic nitrogens is 3. The summed E-state index contributed by atoms with van der Waals surface area (Å²) in [5.74, 6) is 0. The smallest absolute Gasteiger partial charge is 0.103 e. The number of pyridine rings is 1. The predicted molar refractivity (Wildman–Crippen MR) is 83.3 cm³/mol. The molecule has 4 nitrogen and oxygen atoms in total. The van der Waals surface area contributed by atoms with Gasteiger partial charge in [0.15, 0.2) is 0 Å². The van der Waals surface area contributed by atoms with E-state index in [-0.39, 0.29) is 6.04 Å². The summed E-state index contributed by atoms with van der Waals surface area (Å²) >= 11 is 7.46. The summed E-state index contributed by atoms with van der Waals surface area (Å²) in [5, 5.41) is 7.15. The van der Waals surface area contributed by atoms with Gasteiger partial charge < -0.3 is 5.73 Å². The van der Waals surface area contributed by atoms with Gasteiger partial charge in [-0.3, -0.25) is 4.68 Å². The summed E-state index contributed by atoms with van der Waals surface area (Å²) in [6.45, 7) is 4.13. The number of hydrogen-bond donors (Lipinski definition) is 1. The standard InChI is InChI=1S/C14H19ClN4S/c1-4-11(16)7-12-9(2)18-19(3)14(12)20-13-6-5-10(15)8-17-13/h5-6,8,11H,4,7,16H2,1-3H3. The van der Waals surface area contributed by atoms with E-state index in [2.05, 4.69) is 17.0 Å². The zero-order valence-electron chi connectivity index (χ0n) is 11.9. The van der Waals surface area contributed by atoms with Crippen LogP contribution in [0.1, 0.15) is 24.6 Å². The molecule has 0 radical (unpaired) electrons. The van der Waals surface area contributed by atoms with Gasteiger partial charge in [0, 0.05) is 24.8 Å². The van der Waals surface area contributed by atoms with Crippen LogP contribution in [0.5, 0.6) is 0 Å². The van der Waals surface area contributed by atoms with Gasteiger partial charge in [0.1, 0.15) is 10.1 Å². The number of aryl methyl sites for hydroxylation is 2. The van der Waals surface area contributed by atoms with E-state index in [9.17, 15) is 0 Å². The van der Waals surface area contributed by atoms with Crippen molar-refractivity contribution in [2.75, 3.05) is 0 Å². The lowest BCUT2D eigenvalue weighted by molar-refractivity contribution is 0.631. The Kier molecular flexibility index (Phi) is 5.07. The number of rotatable bonds is 5. The fraction of sp³-hybridized carbons (Fsp3) is 0.429. The molecule has 0 aliphatic heterocycles. The number of nitrogens with two attached hydrogens (primary N) is 1. The predicted octanol–water partition coefficient (Wildman–Crippen LogP) is 3.21. The van der Waals surface area contributed by atoms with Crippen molar-refractivity contribution in [2.24, 2.45) is 12.8 Å². The minimum atomic E-state index is 0.162. The highest BCUT2D eigenvalue weighted by Gasteiger charge is 2.17. The van der Waals surface area contributed by atoms with Crippen molar-refractivity contribution in [3.05, 3.63) is 34.6 Å².